The minimum absolute atomic E-state index is 0.696. The summed E-state index contributed by atoms with van der Waals surface area (Å²) in [7, 11) is 0. The molecule has 0 radical (unpaired) electrons. The third-order valence-electron chi connectivity index (χ3n) is 4.15. The van der Waals surface area contributed by atoms with Crippen molar-refractivity contribution < 1.29 is 0 Å². The van der Waals surface area contributed by atoms with Crippen LogP contribution >= 0.6 is 0 Å². The van der Waals surface area contributed by atoms with E-state index in [1.54, 1.807) is 0 Å². The monoisotopic (exact) mass is 240 g/mol. The van der Waals surface area contributed by atoms with Crippen LogP contribution < -0.4 is 5.32 Å². The molecule has 1 heterocycles. The Bertz CT molecular complexity index is 185. The minimum atomic E-state index is 0.696. The van der Waals surface area contributed by atoms with Gasteiger partial charge in [-0.15, -0.1) is 0 Å². The van der Waals surface area contributed by atoms with Gasteiger partial charge in [-0.25, -0.2) is 0 Å². The summed E-state index contributed by atoms with van der Waals surface area (Å²) in [5, 5.41) is 3.47. The Morgan fingerprint density at radius 3 is 2.29 bits per heavy atom. The molecule has 1 saturated heterocycles. The van der Waals surface area contributed by atoms with E-state index in [0.29, 0.717) is 6.04 Å². The summed E-state index contributed by atoms with van der Waals surface area (Å²) in [5.41, 5.74) is 0. The summed E-state index contributed by atoms with van der Waals surface area (Å²) in [6, 6.07) is 1.50. The van der Waals surface area contributed by atoms with Crippen LogP contribution in [0.4, 0.5) is 0 Å². The maximum atomic E-state index is 3.47. The lowest BCUT2D eigenvalue weighted by atomic mass is 9.95. The molecule has 0 aromatic heterocycles. The zero-order valence-corrected chi connectivity index (χ0v) is 12.3. The Balaban J connectivity index is 2.50. The van der Waals surface area contributed by atoms with Crippen LogP contribution in [0.3, 0.4) is 0 Å². The number of nitrogens with zero attached hydrogens (tertiary/aromatic N) is 1. The molecule has 1 fully saturated rings. The van der Waals surface area contributed by atoms with Crippen LogP contribution in [-0.2, 0) is 0 Å². The Morgan fingerprint density at radius 1 is 1.18 bits per heavy atom. The van der Waals surface area contributed by atoms with E-state index < -0.39 is 0 Å². The van der Waals surface area contributed by atoms with Gasteiger partial charge in [0.2, 0.25) is 0 Å². The maximum Gasteiger partial charge on any atom is 0.00953 e. The highest BCUT2D eigenvalue weighted by Crippen LogP contribution is 2.20. The van der Waals surface area contributed by atoms with E-state index in [1.807, 2.05) is 0 Å². The van der Waals surface area contributed by atoms with Gasteiger partial charge in [0, 0.05) is 18.6 Å². The quantitative estimate of drug-likeness (QED) is 0.735. The molecule has 0 aromatic rings. The summed E-state index contributed by atoms with van der Waals surface area (Å²) >= 11 is 0. The van der Waals surface area contributed by atoms with Crippen LogP contribution in [0.5, 0.6) is 0 Å². The second kappa shape index (κ2) is 8.10. The van der Waals surface area contributed by atoms with Crippen molar-refractivity contribution in [3.8, 4) is 0 Å². The molecule has 0 amide bonds. The molecule has 1 rings (SSSR count). The van der Waals surface area contributed by atoms with E-state index >= 15 is 0 Å². The maximum absolute atomic E-state index is 3.47. The first-order valence-electron chi connectivity index (χ1n) is 7.65. The first kappa shape index (κ1) is 15.0. The average molecular weight is 240 g/mol. The molecule has 1 unspecified atom stereocenters. The minimum Gasteiger partial charge on any atom is -0.317 e. The first-order valence-corrected chi connectivity index (χ1v) is 7.65. The fraction of sp³-hybridized carbons (Fsp3) is 1.00. The molecule has 17 heavy (non-hydrogen) atoms. The molecule has 1 aliphatic heterocycles. The van der Waals surface area contributed by atoms with Gasteiger partial charge >= 0.3 is 0 Å². The topological polar surface area (TPSA) is 15.3 Å². The van der Waals surface area contributed by atoms with E-state index in [1.165, 1.54) is 51.7 Å². The molecule has 0 aliphatic carbocycles. The van der Waals surface area contributed by atoms with Gasteiger partial charge in [0.05, 0.1) is 0 Å². The molecule has 102 valence electrons. The molecule has 1 aliphatic rings. The van der Waals surface area contributed by atoms with Crippen molar-refractivity contribution in [2.45, 2.75) is 71.9 Å². The zero-order chi connectivity index (χ0) is 12.7. The molecule has 0 bridgehead atoms. The Kier molecular flexibility index (Phi) is 7.14. The molecular weight excluding hydrogens is 208 g/mol. The van der Waals surface area contributed by atoms with Crippen LogP contribution in [-0.4, -0.2) is 36.6 Å². The summed E-state index contributed by atoms with van der Waals surface area (Å²) in [6.45, 7) is 13.1. The zero-order valence-electron chi connectivity index (χ0n) is 12.3. The van der Waals surface area contributed by atoms with Gasteiger partial charge in [0.25, 0.3) is 0 Å². The van der Waals surface area contributed by atoms with Gasteiger partial charge in [-0.2, -0.15) is 0 Å². The standard InChI is InChI=1S/C15H32N2/c1-5-7-15(6-2)17(13(3)4)12-14-8-10-16-11-9-14/h13-16H,5-12H2,1-4H3. The third-order valence-corrected chi connectivity index (χ3v) is 4.15. The van der Waals surface area contributed by atoms with Gasteiger partial charge in [-0.1, -0.05) is 20.3 Å². The predicted molar refractivity (Wildman–Crippen MR) is 76.4 cm³/mol. The fourth-order valence-corrected chi connectivity index (χ4v) is 3.08. The first-order chi connectivity index (χ1) is 8.19. The van der Waals surface area contributed by atoms with Crippen molar-refractivity contribution in [1.29, 1.82) is 0 Å². The summed E-state index contributed by atoms with van der Waals surface area (Å²) in [6.07, 6.45) is 6.71. The largest absolute Gasteiger partial charge is 0.317 e. The van der Waals surface area contributed by atoms with Crippen molar-refractivity contribution in [3.05, 3.63) is 0 Å². The van der Waals surface area contributed by atoms with Gasteiger partial charge in [-0.05, 0) is 58.5 Å². The van der Waals surface area contributed by atoms with Gasteiger partial charge in [0.15, 0.2) is 0 Å². The molecule has 0 aromatic carbocycles. The number of hydrogen-bond donors (Lipinski definition) is 1. The number of hydrogen-bond acceptors (Lipinski definition) is 2. The molecule has 1 N–H and O–H groups in total. The number of nitrogens with one attached hydrogen (secondary N) is 1. The van der Waals surface area contributed by atoms with Gasteiger partial charge in [-0.3, -0.25) is 4.90 Å². The second-order valence-corrected chi connectivity index (χ2v) is 5.83. The molecule has 0 saturated carbocycles. The van der Waals surface area contributed by atoms with Crippen LogP contribution in [0.1, 0.15) is 59.8 Å². The highest BCUT2D eigenvalue weighted by atomic mass is 15.2. The van der Waals surface area contributed by atoms with Crippen molar-refractivity contribution in [2.24, 2.45) is 5.92 Å². The number of piperidine rings is 1. The van der Waals surface area contributed by atoms with Gasteiger partial charge in [0.1, 0.15) is 0 Å². The van der Waals surface area contributed by atoms with E-state index in [-0.39, 0.29) is 0 Å². The van der Waals surface area contributed by atoms with Crippen LogP contribution in [0, 0.1) is 5.92 Å². The highest BCUT2D eigenvalue weighted by molar-refractivity contribution is 4.79. The lowest BCUT2D eigenvalue weighted by molar-refractivity contribution is 0.107. The molecule has 2 heteroatoms. The van der Waals surface area contributed by atoms with Crippen molar-refractivity contribution >= 4 is 0 Å². The predicted octanol–water partition coefficient (Wildman–Crippen LogP) is 3.28. The highest BCUT2D eigenvalue weighted by Gasteiger charge is 2.23. The Hall–Kier alpha value is -0.0800. The summed E-state index contributed by atoms with van der Waals surface area (Å²) in [5.74, 6) is 0.921. The SMILES string of the molecule is CCCC(CC)N(CC1CCNCC1)C(C)C. The van der Waals surface area contributed by atoms with Crippen LogP contribution in [0.2, 0.25) is 0 Å². The van der Waals surface area contributed by atoms with E-state index in [2.05, 4.69) is 37.9 Å². The van der Waals surface area contributed by atoms with Crippen molar-refractivity contribution in [3.63, 3.8) is 0 Å². The summed E-state index contributed by atoms with van der Waals surface area (Å²) < 4.78 is 0. The van der Waals surface area contributed by atoms with Crippen molar-refractivity contribution in [2.75, 3.05) is 19.6 Å². The summed E-state index contributed by atoms with van der Waals surface area (Å²) in [4.78, 5) is 2.76. The van der Waals surface area contributed by atoms with E-state index in [0.717, 1.165) is 12.0 Å². The normalized spacial score (nSPS) is 20.1. The molecular formula is C15H32N2. The van der Waals surface area contributed by atoms with Crippen molar-refractivity contribution in [1.82, 2.24) is 10.2 Å². The smallest absolute Gasteiger partial charge is 0.00953 e. The molecule has 2 nitrogen and oxygen atoms in total. The van der Waals surface area contributed by atoms with Crippen LogP contribution in [0.15, 0.2) is 0 Å². The third kappa shape index (κ3) is 4.97. The van der Waals surface area contributed by atoms with Crippen LogP contribution in [0.25, 0.3) is 0 Å². The number of rotatable bonds is 7. The lowest BCUT2D eigenvalue weighted by Crippen LogP contribution is -2.45. The van der Waals surface area contributed by atoms with E-state index in [9.17, 15) is 0 Å². The Labute approximate surface area is 108 Å². The molecule has 1 atom stereocenters. The average Bonchev–Trinajstić information content (AvgIpc) is 2.34. The lowest BCUT2D eigenvalue weighted by Gasteiger charge is -2.38. The van der Waals surface area contributed by atoms with E-state index in [4.69, 9.17) is 0 Å². The van der Waals surface area contributed by atoms with Gasteiger partial charge < -0.3 is 5.32 Å². The second-order valence-electron chi connectivity index (χ2n) is 5.83. The Morgan fingerprint density at radius 2 is 1.82 bits per heavy atom. The fourth-order valence-electron chi connectivity index (χ4n) is 3.08. The molecule has 0 spiro atoms.